The second-order valence-corrected chi connectivity index (χ2v) is 5.29. The van der Waals surface area contributed by atoms with E-state index in [4.69, 9.17) is 11.6 Å². The fourth-order valence-corrected chi connectivity index (χ4v) is 2.38. The van der Waals surface area contributed by atoms with E-state index in [1.807, 2.05) is 6.07 Å². The Morgan fingerprint density at radius 3 is 2.45 bits per heavy atom. The van der Waals surface area contributed by atoms with Crippen molar-refractivity contribution >= 4 is 23.5 Å². The quantitative estimate of drug-likeness (QED) is 0.858. The van der Waals surface area contributed by atoms with Crippen LogP contribution in [0.25, 0.3) is 0 Å². The molecule has 0 saturated heterocycles. The average Bonchev–Trinajstić information content (AvgIpc) is 2.51. The number of carbonyl (C=O) groups excluding carboxylic acids is 1. The number of hydrogen-bond donors (Lipinski definition) is 2. The summed E-state index contributed by atoms with van der Waals surface area (Å²) in [4.78, 5) is 23.3. The molecule has 2 rings (SSSR count). The molecule has 0 bridgehead atoms. The normalized spacial score (nSPS) is 11.7. The van der Waals surface area contributed by atoms with Crippen molar-refractivity contribution in [1.29, 1.82) is 0 Å². The Labute approximate surface area is 133 Å². The van der Waals surface area contributed by atoms with Gasteiger partial charge in [0.1, 0.15) is 0 Å². The highest BCUT2D eigenvalue weighted by molar-refractivity contribution is 6.30. The lowest BCUT2D eigenvalue weighted by Crippen LogP contribution is -2.27. The number of hydrogen-bond acceptors (Lipinski definition) is 2. The second kappa shape index (κ2) is 7.61. The molecule has 0 aliphatic heterocycles. The first kappa shape index (κ1) is 16.0. The van der Waals surface area contributed by atoms with E-state index in [-0.39, 0.29) is 12.5 Å². The van der Waals surface area contributed by atoms with Crippen LogP contribution in [0.5, 0.6) is 0 Å². The molecule has 5 heteroatoms. The van der Waals surface area contributed by atoms with E-state index >= 15 is 0 Å². The van der Waals surface area contributed by atoms with Crippen molar-refractivity contribution in [2.24, 2.45) is 0 Å². The van der Waals surface area contributed by atoms with Gasteiger partial charge >= 0.3 is 5.97 Å². The molecule has 1 amide bonds. The lowest BCUT2D eigenvalue weighted by atomic mass is 9.96. The van der Waals surface area contributed by atoms with Crippen LogP contribution in [0.4, 0.5) is 0 Å². The molecular weight excluding hydrogens is 302 g/mol. The van der Waals surface area contributed by atoms with Gasteiger partial charge in [0, 0.05) is 17.1 Å². The van der Waals surface area contributed by atoms with Crippen LogP contribution >= 0.6 is 11.6 Å². The molecule has 4 nitrogen and oxygen atoms in total. The monoisotopic (exact) mass is 317 g/mol. The van der Waals surface area contributed by atoms with Gasteiger partial charge in [-0.1, -0.05) is 41.9 Å². The van der Waals surface area contributed by atoms with Crippen LogP contribution in [0.2, 0.25) is 5.02 Å². The van der Waals surface area contributed by atoms with Crippen LogP contribution < -0.4 is 5.32 Å². The first-order chi connectivity index (χ1) is 10.6. The van der Waals surface area contributed by atoms with Crippen LogP contribution in [0.1, 0.15) is 28.3 Å². The minimum atomic E-state index is -0.934. The predicted molar refractivity (Wildman–Crippen MR) is 85.2 cm³/mol. The number of benzene rings is 2. The molecule has 0 aliphatic carbocycles. The van der Waals surface area contributed by atoms with Gasteiger partial charge in [0.05, 0.1) is 5.92 Å². The largest absolute Gasteiger partial charge is 0.481 e. The van der Waals surface area contributed by atoms with Crippen molar-refractivity contribution in [2.45, 2.75) is 12.3 Å². The molecule has 0 aliphatic rings. The summed E-state index contributed by atoms with van der Waals surface area (Å²) in [6.07, 6.45) is 0.300. The Kier molecular flexibility index (Phi) is 5.55. The van der Waals surface area contributed by atoms with Gasteiger partial charge in [0.25, 0.3) is 5.91 Å². The van der Waals surface area contributed by atoms with Crippen molar-refractivity contribution in [3.05, 3.63) is 70.7 Å². The van der Waals surface area contributed by atoms with Gasteiger partial charge < -0.3 is 10.4 Å². The number of nitrogens with one attached hydrogen (secondary N) is 1. The molecule has 1 unspecified atom stereocenters. The predicted octanol–water partition coefficient (Wildman–Crippen LogP) is 3.33. The number of carbonyl (C=O) groups is 2. The number of carboxylic acid groups (broad SMARTS) is 1. The van der Waals surface area contributed by atoms with Crippen LogP contribution in [-0.2, 0) is 4.79 Å². The third-order valence-corrected chi connectivity index (χ3v) is 3.54. The zero-order valence-electron chi connectivity index (χ0n) is 11.8. The van der Waals surface area contributed by atoms with E-state index in [1.54, 1.807) is 48.5 Å². The van der Waals surface area contributed by atoms with Gasteiger partial charge in [0.2, 0.25) is 0 Å². The van der Waals surface area contributed by atoms with E-state index < -0.39 is 11.9 Å². The Hall–Kier alpha value is -2.33. The molecule has 114 valence electrons. The summed E-state index contributed by atoms with van der Waals surface area (Å²) in [7, 11) is 0. The lowest BCUT2D eigenvalue weighted by Gasteiger charge is -2.13. The maximum absolute atomic E-state index is 11.9. The molecule has 22 heavy (non-hydrogen) atoms. The molecule has 0 fully saturated rings. The lowest BCUT2D eigenvalue weighted by molar-refractivity contribution is -0.138. The number of amides is 1. The van der Waals surface area contributed by atoms with Gasteiger partial charge in [-0.2, -0.15) is 0 Å². The Morgan fingerprint density at radius 1 is 1.09 bits per heavy atom. The summed E-state index contributed by atoms with van der Waals surface area (Å²) >= 11 is 5.90. The Morgan fingerprint density at radius 2 is 1.82 bits per heavy atom. The van der Waals surface area contributed by atoms with Crippen molar-refractivity contribution in [3.8, 4) is 0 Å². The molecule has 0 saturated carbocycles. The zero-order chi connectivity index (χ0) is 15.9. The number of aliphatic carboxylic acids is 1. The van der Waals surface area contributed by atoms with Gasteiger partial charge in [-0.3, -0.25) is 9.59 Å². The van der Waals surface area contributed by atoms with Crippen molar-refractivity contribution in [3.63, 3.8) is 0 Å². The Balaban J connectivity index is 1.96. The van der Waals surface area contributed by atoms with Crippen LogP contribution in [0.3, 0.4) is 0 Å². The highest BCUT2D eigenvalue weighted by atomic mass is 35.5. The van der Waals surface area contributed by atoms with E-state index in [1.165, 1.54) is 0 Å². The summed E-state index contributed by atoms with van der Waals surface area (Å²) in [5, 5.41) is 12.6. The molecule has 1 atom stereocenters. The summed E-state index contributed by atoms with van der Waals surface area (Å²) in [6.45, 7) is 0.275. The fraction of sp³-hybridized carbons (Fsp3) is 0.176. The molecule has 2 aromatic rings. The molecule has 0 heterocycles. The SMILES string of the molecule is O=C(NCCC(C(=O)O)c1cccc(Cl)c1)c1ccccc1. The summed E-state index contributed by atoms with van der Waals surface area (Å²) < 4.78 is 0. The van der Waals surface area contributed by atoms with E-state index in [2.05, 4.69) is 5.32 Å². The number of rotatable bonds is 6. The summed E-state index contributed by atoms with van der Waals surface area (Å²) in [5.41, 5.74) is 1.19. The van der Waals surface area contributed by atoms with E-state index in [0.717, 1.165) is 0 Å². The maximum Gasteiger partial charge on any atom is 0.311 e. The first-order valence-corrected chi connectivity index (χ1v) is 7.27. The van der Waals surface area contributed by atoms with Gasteiger partial charge in [-0.25, -0.2) is 0 Å². The Bertz CT molecular complexity index is 658. The molecule has 0 aromatic heterocycles. The number of carboxylic acids is 1. The topological polar surface area (TPSA) is 66.4 Å². The van der Waals surface area contributed by atoms with Crippen LogP contribution in [-0.4, -0.2) is 23.5 Å². The average molecular weight is 318 g/mol. The second-order valence-electron chi connectivity index (χ2n) is 4.86. The first-order valence-electron chi connectivity index (χ1n) is 6.89. The summed E-state index contributed by atoms with van der Waals surface area (Å²) in [5.74, 6) is -1.85. The van der Waals surface area contributed by atoms with Crippen molar-refractivity contribution in [2.75, 3.05) is 6.54 Å². The van der Waals surface area contributed by atoms with Crippen LogP contribution in [0.15, 0.2) is 54.6 Å². The third-order valence-electron chi connectivity index (χ3n) is 3.30. The smallest absolute Gasteiger partial charge is 0.311 e. The van der Waals surface area contributed by atoms with Crippen molar-refractivity contribution < 1.29 is 14.7 Å². The van der Waals surface area contributed by atoms with Crippen molar-refractivity contribution in [1.82, 2.24) is 5.32 Å². The number of halogens is 1. The molecule has 2 N–H and O–H groups in total. The molecule has 0 radical (unpaired) electrons. The fourth-order valence-electron chi connectivity index (χ4n) is 2.18. The molecule has 0 spiro atoms. The molecule has 2 aromatic carbocycles. The minimum Gasteiger partial charge on any atom is -0.481 e. The third kappa shape index (κ3) is 4.33. The van der Waals surface area contributed by atoms with E-state index in [0.29, 0.717) is 22.6 Å². The summed E-state index contributed by atoms with van der Waals surface area (Å²) in [6, 6.07) is 15.6. The minimum absolute atomic E-state index is 0.212. The van der Waals surface area contributed by atoms with E-state index in [9.17, 15) is 14.7 Å². The van der Waals surface area contributed by atoms with Gasteiger partial charge in [-0.15, -0.1) is 0 Å². The van der Waals surface area contributed by atoms with Gasteiger partial charge in [0.15, 0.2) is 0 Å². The standard InChI is InChI=1S/C17H16ClNO3/c18-14-8-4-7-13(11-14)15(17(21)22)9-10-19-16(20)12-5-2-1-3-6-12/h1-8,11,15H,9-10H2,(H,19,20)(H,21,22). The van der Waals surface area contributed by atoms with Gasteiger partial charge in [-0.05, 0) is 36.2 Å². The highest BCUT2D eigenvalue weighted by Gasteiger charge is 2.20. The maximum atomic E-state index is 11.9. The molecular formula is C17H16ClNO3. The zero-order valence-corrected chi connectivity index (χ0v) is 12.6. The highest BCUT2D eigenvalue weighted by Crippen LogP contribution is 2.22. The van der Waals surface area contributed by atoms with Crippen LogP contribution in [0, 0.1) is 0 Å².